The number of benzene rings is 1. The van der Waals surface area contributed by atoms with Gasteiger partial charge in [-0.25, -0.2) is 0 Å². The molecular formula is C12H14O. The lowest BCUT2D eigenvalue weighted by atomic mass is 9.94. The number of Topliss-reactive ketones (excluding diaryl/α,β-unsaturated/α-hetero) is 1. The molecule has 1 atom stereocenters. The monoisotopic (exact) mass is 174 g/mol. The maximum absolute atomic E-state index is 11.7. The molecule has 0 N–H and O–H groups in total. The molecule has 0 heterocycles. The van der Waals surface area contributed by atoms with Crippen LogP contribution in [0, 0.1) is 5.92 Å². The summed E-state index contributed by atoms with van der Waals surface area (Å²) in [6, 6.07) is 10.0. The van der Waals surface area contributed by atoms with Crippen LogP contribution in [0.5, 0.6) is 0 Å². The van der Waals surface area contributed by atoms with Crippen LogP contribution >= 0.6 is 0 Å². The summed E-state index contributed by atoms with van der Waals surface area (Å²) in [4.78, 5) is 11.7. The highest BCUT2D eigenvalue weighted by molar-refractivity contribution is 5.89. The summed E-state index contributed by atoms with van der Waals surface area (Å²) < 4.78 is 0. The van der Waals surface area contributed by atoms with Crippen molar-refractivity contribution >= 4 is 5.78 Å². The van der Waals surface area contributed by atoms with Crippen molar-refractivity contribution in [1.29, 1.82) is 0 Å². The summed E-state index contributed by atoms with van der Waals surface area (Å²) in [5.41, 5.74) is 1.15. The van der Waals surface area contributed by atoms with E-state index >= 15 is 0 Å². The second kappa shape index (κ2) is 3.33. The van der Waals surface area contributed by atoms with Gasteiger partial charge in [0.2, 0.25) is 0 Å². The van der Waals surface area contributed by atoms with Gasteiger partial charge in [-0.3, -0.25) is 4.79 Å². The molecule has 0 saturated heterocycles. The Morgan fingerprint density at radius 2 is 1.92 bits per heavy atom. The molecule has 1 aliphatic rings. The Balaban J connectivity index is 2.12. The molecule has 0 aromatic heterocycles. The molecule has 13 heavy (non-hydrogen) atoms. The molecule has 1 aromatic rings. The van der Waals surface area contributed by atoms with E-state index in [0.29, 0.717) is 11.7 Å². The van der Waals surface area contributed by atoms with Gasteiger partial charge in [0.15, 0.2) is 0 Å². The SMILES string of the molecule is CC(C(=O)C1CC1)c1ccccc1. The Labute approximate surface area is 78.8 Å². The quantitative estimate of drug-likeness (QED) is 0.688. The minimum Gasteiger partial charge on any atom is -0.299 e. The standard InChI is InChI=1S/C12H14O/c1-9(12(13)11-7-8-11)10-5-3-2-4-6-10/h2-6,9,11H,7-8H2,1H3. The third-order valence-corrected chi connectivity index (χ3v) is 2.71. The van der Waals surface area contributed by atoms with Crippen molar-refractivity contribution in [3.8, 4) is 0 Å². The maximum atomic E-state index is 11.7. The Bertz CT molecular complexity index is 298. The topological polar surface area (TPSA) is 17.1 Å². The van der Waals surface area contributed by atoms with E-state index in [1.54, 1.807) is 0 Å². The molecule has 1 aliphatic carbocycles. The fraction of sp³-hybridized carbons (Fsp3) is 0.417. The van der Waals surface area contributed by atoms with Gasteiger partial charge in [-0.05, 0) is 18.4 Å². The number of rotatable bonds is 3. The van der Waals surface area contributed by atoms with Gasteiger partial charge in [-0.2, -0.15) is 0 Å². The lowest BCUT2D eigenvalue weighted by Gasteiger charge is -2.09. The Kier molecular flexibility index (Phi) is 2.17. The summed E-state index contributed by atoms with van der Waals surface area (Å²) in [6.45, 7) is 2.01. The van der Waals surface area contributed by atoms with Crippen molar-refractivity contribution in [2.75, 3.05) is 0 Å². The largest absolute Gasteiger partial charge is 0.299 e. The fourth-order valence-electron chi connectivity index (χ4n) is 1.63. The molecule has 0 bridgehead atoms. The molecule has 1 fully saturated rings. The lowest BCUT2D eigenvalue weighted by molar-refractivity contribution is -0.121. The minimum absolute atomic E-state index is 0.0914. The molecule has 1 nitrogen and oxygen atoms in total. The normalized spacial score (nSPS) is 18.2. The number of carbonyl (C=O) groups is 1. The van der Waals surface area contributed by atoms with Crippen molar-refractivity contribution in [2.45, 2.75) is 25.7 Å². The maximum Gasteiger partial charge on any atom is 0.143 e. The Hall–Kier alpha value is -1.11. The molecule has 2 rings (SSSR count). The van der Waals surface area contributed by atoms with Crippen molar-refractivity contribution in [2.24, 2.45) is 5.92 Å². The molecule has 0 spiro atoms. The van der Waals surface area contributed by atoms with E-state index in [-0.39, 0.29) is 5.92 Å². The molecule has 0 radical (unpaired) electrons. The highest BCUT2D eigenvalue weighted by atomic mass is 16.1. The number of hydrogen-bond donors (Lipinski definition) is 0. The van der Waals surface area contributed by atoms with Crippen LogP contribution in [0.4, 0.5) is 0 Å². The fourth-order valence-corrected chi connectivity index (χ4v) is 1.63. The van der Waals surface area contributed by atoms with Crippen LogP contribution in [0.25, 0.3) is 0 Å². The first-order chi connectivity index (χ1) is 6.29. The number of hydrogen-bond acceptors (Lipinski definition) is 1. The molecule has 68 valence electrons. The van der Waals surface area contributed by atoms with E-state index in [1.807, 2.05) is 37.3 Å². The summed E-state index contributed by atoms with van der Waals surface area (Å²) in [5, 5.41) is 0. The highest BCUT2D eigenvalue weighted by Crippen LogP contribution is 2.35. The van der Waals surface area contributed by atoms with Crippen LogP contribution in [0.1, 0.15) is 31.2 Å². The zero-order chi connectivity index (χ0) is 9.26. The lowest BCUT2D eigenvalue weighted by Crippen LogP contribution is -2.10. The summed E-state index contributed by atoms with van der Waals surface area (Å²) in [6.07, 6.45) is 2.21. The summed E-state index contributed by atoms with van der Waals surface area (Å²) >= 11 is 0. The van der Waals surface area contributed by atoms with E-state index in [0.717, 1.165) is 18.4 Å². The predicted octanol–water partition coefficient (Wildman–Crippen LogP) is 2.77. The van der Waals surface area contributed by atoms with Crippen molar-refractivity contribution in [3.63, 3.8) is 0 Å². The van der Waals surface area contributed by atoms with Gasteiger partial charge in [0.05, 0.1) is 0 Å². The third kappa shape index (κ3) is 1.80. The first kappa shape index (κ1) is 8.49. The minimum atomic E-state index is 0.0914. The smallest absolute Gasteiger partial charge is 0.143 e. The van der Waals surface area contributed by atoms with Crippen molar-refractivity contribution in [1.82, 2.24) is 0 Å². The number of ketones is 1. The molecule has 1 aromatic carbocycles. The zero-order valence-electron chi connectivity index (χ0n) is 7.86. The van der Waals surface area contributed by atoms with E-state index in [1.165, 1.54) is 0 Å². The molecule has 0 aliphatic heterocycles. The predicted molar refractivity (Wildman–Crippen MR) is 52.6 cm³/mol. The van der Waals surface area contributed by atoms with Gasteiger partial charge in [0, 0.05) is 11.8 Å². The Morgan fingerprint density at radius 1 is 1.31 bits per heavy atom. The van der Waals surface area contributed by atoms with Gasteiger partial charge in [0.1, 0.15) is 5.78 Å². The van der Waals surface area contributed by atoms with Gasteiger partial charge in [-0.1, -0.05) is 37.3 Å². The van der Waals surface area contributed by atoms with E-state index in [9.17, 15) is 4.79 Å². The molecule has 0 amide bonds. The zero-order valence-corrected chi connectivity index (χ0v) is 7.86. The average Bonchev–Trinajstić information content (AvgIpc) is 3.00. The van der Waals surface area contributed by atoms with Crippen LogP contribution in [0.15, 0.2) is 30.3 Å². The third-order valence-electron chi connectivity index (χ3n) is 2.71. The van der Waals surface area contributed by atoms with Crippen LogP contribution < -0.4 is 0 Å². The van der Waals surface area contributed by atoms with E-state index in [2.05, 4.69) is 0 Å². The first-order valence-electron chi connectivity index (χ1n) is 4.87. The second-order valence-corrected chi connectivity index (χ2v) is 3.81. The van der Waals surface area contributed by atoms with Crippen molar-refractivity contribution < 1.29 is 4.79 Å². The van der Waals surface area contributed by atoms with Gasteiger partial charge < -0.3 is 0 Å². The average molecular weight is 174 g/mol. The van der Waals surface area contributed by atoms with Gasteiger partial charge in [-0.15, -0.1) is 0 Å². The second-order valence-electron chi connectivity index (χ2n) is 3.81. The summed E-state index contributed by atoms with van der Waals surface area (Å²) in [7, 11) is 0. The van der Waals surface area contributed by atoms with Crippen LogP contribution in [-0.2, 0) is 4.79 Å². The van der Waals surface area contributed by atoms with E-state index in [4.69, 9.17) is 0 Å². The highest BCUT2D eigenvalue weighted by Gasteiger charge is 2.32. The molecule has 1 saturated carbocycles. The van der Waals surface area contributed by atoms with Crippen LogP contribution in [0.2, 0.25) is 0 Å². The van der Waals surface area contributed by atoms with Crippen LogP contribution in [-0.4, -0.2) is 5.78 Å². The molecular weight excluding hydrogens is 160 g/mol. The molecule has 1 heteroatoms. The van der Waals surface area contributed by atoms with E-state index < -0.39 is 0 Å². The van der Waals surface area contributed by atoms with Crippen molar-refractivity contribution in [3.05, 3.63) is 35.9 Å². The Morgan fingerprint density at radius 3 is 2.46 bits per heavy atom. The number of carbonyl (C=O) groups excluding carboxylic acids is 1. The first-order valence-corrected chi connectivity index (χ1v) is 4.87. The molecule has 1 unspecified atom stereocenters. The summed E-state index contributed by atoms with van der Waals surface area (Å²) in [5.74, 6) is 0.884. The van der Waals surface area contributed by atoms with Gasteiger partial charge >= 0.3 is 0 Å². The van der Waals surface area contributed by atoms with Crippen LogP contribution in [0.3, 0.4) is 0 Å². The van der Waals surface area contributed by atoms with Gasteiger partial charge in [0.25, 0.3) is 0 Å².